The number of aromatic nitrogens is 3. The average Bonchev–Trinajstić information content (AvgIpc) is 3.24. The van der Waals surface area contributed by atoms with Crippen molar-refractivity contribution < 1.29 is 19.4 Å². The van der Waals surface area contributed by atoms with E-state index in [1.165, 1.54) is 11.3 Å². The van der Waals surface area contributed by atoms with Gasteiger partial charge in [0.15, 0.2) is 0 Å². The molecule has 0 aliphatic carbocycles. The summed E-state index contributed by atoms with van der Waals surface area (Å²) in [5.41, 5.74) is 1.14. The molecule has 1 aliphatic rings. The number of rotatable bonds is 6. The second-order valence-corrected chi connectivity index (χ2v) is 6.90. The lowest BCUT2D eigenvalue weighted by Crippen LogP contribution is -2.39. The molecular formula is C16H20N4O4S. The summed E-state index contributed by atoms with van der Waals surface area (Å²) in [7, 11) is 1.81. The second kappa shape index (κ2) is 7.75. The van der Waals surface area contributed by atoms with Gasteiger partial charge in [-0.1, -0.05) is 0 Å². The number of hydrogen-bond acceptors (Lipinski definition) is 6. The number of amides is 1. The fourth-order valence-corrected chi connectivity index (χ4v) is 3.68. The van der Waals surface area contributed by atoms with Crippen LogP contribution in [-0.2, 0) is 16.6 Å². The van der Waals surface area contributed by atoms with Crippen LogP contribution in [0.5, 0.6) is 0 Å². The summed E-state index contributed by atoms with van der Waals surface area (Å²) in [5.74, 6) is -1.83. The topological polar surface area (TPSA) is 106 Å². The van der Waals surface area contributed by atoms with Crippen molar-refractivity contribution in [1.82, 2.24) is 20.1 Å². The van der Waals surface area contributed by atoms with E-state index < -0.39 is 11.9 Å². The number of carbonyl (C=O) groups excluding carboxylic acids is 1. The first-order chi connectivity index (χ1) is 12.0. The maximum atomic E-state index is 12.3. The van der Waals surface area contributed by atoms with Crippen LogP contribution in [0.3, 0.4) is 0 Å². The molecule has 25 heavy (non-hydrogen) atoms. The maximum Gasteiger partial charge on any atom is 0.308 e. The van der Waals surface area contributed by atoms with Crippen molar-refractivity contribution in [3.63, 3.8) is 0 Å². The molecule has 1 atom stereocenters. The smallest absolute Gasteiger partial charge is 0.308 e. The normalized spacial score (nSPS) is 16.5. The highest BCUT2D eigenvalue weighted by Gasteiger charge is 2.30. The molecule has 2 aromatic heterocycles. The minimum Gasteiger partial charge on any atom is -0.481 e. The lowest BCUT2D eigenvalue weighted by Gasteiger charge is -2.27. The zero-order valence-electron chi connectivity index (χ0n) is 13.8. The van der Waals surface area contributed by atoms with Gasteiger partial charge in [-0.3, -0.25) is 14.3 Å². The van der Waals surface area contributed by atoms with Crippen LogP contribution in [-0.4, -0.2) is 51.5 Å². The molecule has 1 unspecified atom stereocenters. The quantitative estimate of drug-likeness (QED) is 0.802. The van der Waals surface area contributed by atoms with E-state index in [4.69, 9.17) is 4.74 Å². The molecule has 3 heterocycles. The molecule has 0 aromatic carbocycles. The zero-order chi connectivity index (χ0) is 17.8. The first-order valence-corrected chi connectivity index (χ1v) is 8.96. The van der Waals surface area contributed by atoms with Crippen LogP contribution in [0.15, 0.2) is 17.8 Å². The molecule has 0 spiro atoms. The Morgan fingerprint density at radius 2 is 2.24 bits per heavy atom. The van der Waals surface area contributed by atoms with Crippen molar-refractivity contribution >= 4 is 23.2 Å². The van der Waals surface area contributed by atoms with Crippen LogP contribution in [0.4, 0.5) is 0 Å². The maximum absolute atomic E-state index is 12.3. The fourth-order valence-electron chi connectivity index (χ4n) is 2.91. The van der Waals surface area contributed by atoms with E-state index in [1.54, 1.807) is 16.3 Å². The summed E-state index contributed by atoms with van der Waals surface area (Å²) in [6, 6.07) is 0. The molecule has 2 N–H and O–H groups in total. The number of nitrogens with zero attached hydrogens (tertiary/aromatic N) is 3. The lowest BCUT2D eigenvalue weighted by molar-refractivity contribution is -0.144. The Hall–Kier alpha value is -2.26. The summed E-state index contributed by atoms with van der Waals surface area (Å²) < 4.78 is 6.94. The summed E-state index contributed by atoms with van der Waals surface area (Å²) in [6.45, 7) is 1.24. The molecule has 1 saturated heterocycles. The number of carboxylic acid groups (broad SMARTS) is 1. The third kappa shape index (κ3) is 4.23. The van der Waals surface area contributed by atoms with E-state index in [-0.39, 0.29) is 18.4 Å². The number of thiazole rings is 1. The first kappa shape index (κ1) is 17.6. The predicted molar refractivity (Wildman–Crippen MR) is 91.3 cm³/mol. The number of hydrogen-bond donors (Lipinski definition) is 2. The molecule has 2 aromatic rings. The average molecular weight is 364 g/mol. The fraction of sp³-hybridized carbons (Fsp3) is 0.500. The molecule has 1 fully saturated rings. The Morgan fingerprint density at radius 3 is 2.88 bits per heavy atom. The molecule has 3 rings (SSSR count). The van der Waals surface area contributed by atoms with Gasteiger partial charge in [-0.15, -0.1) is 11.3 Å². The van der Waals surface area contributed by atoms with Crippen molar-refractivity contribution in [2.24, 2.45) is 18.9 Å². The summed E-state index contributed by atoms with van der Waals surface area (Å²) in [6.07, 6.45) is 4.92. The number of carboxylic acids is 1. The summed E-state index contributed by atoms with van der Waals surface area (Å²) in [4.78, 5) is 28.1. The molecule has 134 valence electrons. The van der Waals surface area contributed by atoms with Gasteiger partial charge in [-0.2, -0.15) is 5.10 Å². The monoisotopic (exact) mass is 364 g/mol. The second-order valence-electron chi connectivity index (χ2n) is 6.05. The van der Waals surface area contributed by atoms with Crippen molar-refractivity contribution in [2.75, 3.05) is 19.8 Å². The summed E-state index contributed by atoms with van der Waals surface area (Å²) in [5, 5.41) is 18.6. The van der Waals surface area contributed by atoms with Gasteiger partial charge in [-0.05, 0) is 18.8 Å². The molecular weight excluding hydrogens is 344 g/mol. The molecule has 9 heteroatoms. The molecule has 0 saturated carbocycles. The van der Waals surface area contributed by atoms with Gasteiger partial charge < -0.3 is 15.2 Å². The van der Waals surface area contributed by atoms with Gasteiger partial charge in [0.1, 0.15) is 10.7 Å². The molecule has 1 amide bonds. The van der Waals surface area contributed by atoms with Crippen LogP contribution in [0.25, 0.3) is 10.6 Å². The minimum absolute atomic E-state index is 0.0212. The molecule has 0 radical (unpaired) electrons. The Kier molecular flexibility index (Phi) is 5.44. The highest BCUT2D eigenvalue weighted by Crippen LogP contribution is 2.25. The molecule has 0 bridgehead atoms. The van der Waals surface area contributed by atoms with E-state index in [2.05, 4.69) is 15.4 Å². The highest BCUT2D eigenvalue weighted by molar-refractivity contribution is 7.13. The van der Waals surface area contributed by atoms with Crippen LogP contribution < -0.4 is 5.32 Å². The largest absolute Gasteiger partial charge is 0.481 e. The predicted octanol–water partition coefficient (Wildman–Crippen LogP) is 1.40. The van der Waals surface area contributed by atoms with Gasteiger partial charge >= 0.3 is 5.97 Å². The van der Waals surface area contributed by atoms with Gasteiger partial charge in [-0.25, -0.2) is 4.98 Å². The third-order valence-electron chi connectivity index (χ3n) is 4.32. The van der Waals surface area contributed by atoms with Gasteiger partial charge in [0.05, 0.1) is 12.1 Å². The van der Waals surface area contributed by atoms with Crippen LogP contribution in [0, 0.1) is 11.8 Å². The highest BCUT2D eigenvalue weighted by atomic mass is 32.1. The number of aryl methyl sites for hydroxylation is 1. The third-order valence-corrected chi connectivity index (χ3v) is 5.21. The molecule has 8 nitrogen and oxygen atoms in total. The Labute approximate surface area is 148 Å². The van der Waals surface area contributed by atoms with Gasteiger partial charge in [0, 0.05) is 43.9 Å². The molecule has 1 aliphatic heterocycles. The van der Waals surface area contributed by atoms with Crippen molar-refractivity contribution in [3.8, 4) is 10.6 Å². The number of carbonyl (C=O) groups is 2. The van der Waals surface area contributed by atoms with Crippen LogP contribution >= 0.6 is 11.3 Å². The van der Waals surface area contributed by atoms with E-state index in [9.17, 15) is 14.7 Å². The number of ether oxygens (including phenoxy) is 1. The Morgan fingerprint density at radius 1 is 1.48 bits per heavy atom. The standard InChI is InChI=1S/C16H20N4O4S/c1-20-8-11(6-18-20)15-19-13(9-25-15)14(21)17-7-12(16(22)23)10-2-4-24-5-3-10/h6,8-10,12H,2-5,7H2,1H3,(H,17,21)(H,22,23). The lowest BCUT2D eigenvalue weighted by atomic mass is 9.86. The zero-order valence-corrected chi connectivity index (χ0v) is 14.7. The van der Waals surface area contributed by atoms with Crippen molar-refractivity contribution in [1.29, 1.82) is 0 Å². The van der Waals surface area contributed by atoms with Crippen LogP contribution in [0.2, 0.25) is 0 Å². The SMILES string of the molecule is Cn1cc(-c2nc(C(=O)NCC(C(=O)O)C3CCOCC3)cs2)cn1. The van der Waals surface area contributed by atoms with Crippen molar-refractivity contribution in [3.05, 3.63) is 23.5 Å². The number of nitrogens with one attached hydrogen (secondary N) is 1. The van der Waals surface area contributed by atoms with Gasteiger partial charge in [0.25, 0.3) is 5.91 Å². The van der Waals surface area contributed by atoms with E-state index >= 15 is 0 Å². The van der Waals surface area contributed by atoms with E-state index in [0.717, 1.165) is 5.56 Å². The van der Waals surface area contributed by atoms with Crippen LogP contribution in [0.1, 0.15) is 23.3 Å². The number of aliphatic carboxylic acids is 1. The minimum atomic E-state index is -0.887. The van der Waals surface area contributed by atoms with Crippen molar-refractivity contribution in [2.45, 2.75) is 12.8 Å². The first-order valence-electron chi connectivity index (χ1n) is 8.08. The van der Waals surface area contributed by atoms with E-state index in [0.29, 0.717) is 36.8 Å². The van der Waals surface area contributed by atoms with Gasteiger partial charge in [0.2, 0.25) is 0 Å². The Balaban J connectivity index is 1.61. The van der Waals surface area contributed by atoms with E-state index in [1.807, 2.05) is 13.2 Å². The Bertz CT molecular complexity index is 751. The summed E-state index contributed by atoms with van der Waals surface area (Å²) >= 11 is 1.35.